The number of aliphatic imine (C=N–C) groups is 1. The fourth-order valence-electron chi connectivity index (χ4n) is 2.32. The predicted molar refractivity (Wildman–Crippen MR) is 78.8 cm³/mol. The fraction of sp³-hybridized carbons (Fsp3) is 0.692. The number of amidine groups is 1. The van der Waals surface area contributed by atoms with E-state index in [4.69, 9.17) is 4.74 Å². The molecule has 1 saturated heterocycles. The van der Waals surface area contributed by atoms with Crippen molar-refractivity contribution in [1.82, 2.24) is 10.2 Å². The Morgan fingerprint density at radius 1 is 1.48 bits per heavy atom. The minimum atomic E-state index is -0.687. The molecule has 7 nitrogen and oxygen atoms in total. The number of hydrogen-bond donors (Lipinski definition) is 1. The molecule has 1 fully saturated rings. The first-order valence-electron chi connectivity index (χ1n) is 7.06. The first-order chi connectivity index (χ1) is 10.1. The first kappa shape index (κ1) is 15.8. The van der Waals surface area contributed by atoms with E-state index in [1.807, 2.05) is 0 Å². The van der Waals surface area contributed by atoms with Crippen LogP contribution in [0.2, 0.25) is 0 Å². The van der Waals surface area contributed by atoms with Gasteiger partial charge < -0.3 is 9.64 Å². The lowest BCUT2D eigenvalue weighted by Crippen LogP contribution is -2.49. The van der Waals surface area contributed by atoms with Crippen LogP contribution in [0.3, 0.4) is 0 Å². The van der Waals surface area contributed by atoms with Crippen LogP contribution in [0.25, 0.3) is 0 Å². The zero-order valence-electron chi connectivity index (χ0n) is 12.0. The molecule has 2 aliphatic rings. The molecule has 1 N–H and O–H groups in total. The molecule has 0 saturated carbocycles. The molecule has 0 bridgehead atoms. The Balaban J connectivity index is 1.89. The molecule has 0 aromatic carbocycles. The zero-order chi connectivity index (χ0) is 15.2. The quantitative estimate of drug-likeness (QED) is 0.573. The summed E-state index contributed by atoms with van der Waals surface area (Å²) in [4.78, 5) is 41.2. The number of esters is 1. The predicted octanol–water partition coefficient (Wildman–Crippen LogP) is 0.00710. The topological polar surface area (TPSA) is 88.1 Å². The third-order valence-electron chi connectivity index (χ3n) is 3.33. The van der Waals surface area contributed by atoms with E-state index < -0.39 is 11.8 Å². The monoisotopic (exact) mass is 313 g/mol. The molecule has 0 spiro atoms. The highest BCUT2D eigenvalue weighted by molar-refractivity contribution is 8.14. The van der Waals surface area contributed by atoms with Crippen molar-refractivity contribution in [3.8, 4) is 0 Å². The van der Waals surface area contributed by atoms with Crippen LogP contribution in [-0.4, -0.2) is 59.8 Å². The van der Waals surface area contributed by atoms with Crippen LogP contribution in [-0.2, 0) is 19.1 Å². The molecule has 0 radical (unpaired) electrons. The van der Waals surface area contributed by atoms with Gasteiger partial charge >= 0.3 is 17.8 Å². The number of ether oxygens (including phenoxy) is 1. The number of carbonyl (C=O) groups excluding carboxylic acids is 3. The van der Waals surface area contributed by atoms with Crippen LogP contribution in [0.4, 0.5) is 0 Å². The Kier molecular flexibility index (Phi) is 5.60. The van der Waals surface area contributed by atoms with Gasteiger partial charge in [-0.25, -0.2) is 0 Å². The van der Waals surface area contributed by atoms with Crippen molar-refractivity contribution in [1.29, 1.82) is 0 Å². The Bertz CT molecular complexity index is 466. The average molecular weight is 313 g/mol. The van der Waals surface area contributed by atoms with E-state index in [0.29, 0.717) is 37.7 Å². The van der Waals surface area contributed by atoms with Crippen molar-refractivity contribution in [3.63, 3.8) is 0 Å². The van der Waals surface area contributed by atoms with Crippen molar-refractivity contribution >= 4 is 34.7 Å². The number of amides is 2. The van der Waals surface area contributed by atoms with Gasteiger partial charge in [0.1, 0.15) is 0 Å². The maximum atomic E-state index is 12.1. The number of nitrogens with one attached hydrogen (secondary N) is 1. The number of carbonyl (C=O) groups is 3. The van der Waals surface area contributed by atoms with Gasteiger partial charge in [-0.2, -0.15) is 0 Å². The Labute approximate surface area is 127 Å². The van der Waals surface area contributed by atoms with Crippen molar-refractivity contribution in [3.05, 3.63) is 0 Å². The summed E-state index contributed by atoms with van der Waals surface area (Å²) in [5, 5.41) is 3.00. The van der Waals surface area contributed by atoms with E-state index in [1.165, 1.54) is 16.7 Å². The number of thioether (sulfide) groups is 1. The van der Waals surface area contributed by atoms with Gasteiger partial charge in [0.15, 0.2) is 5.17 Å². The zero-order valence-corrected chi connectivity index (χ0v) is 12.8. The molecule has 2 rings (SSSR count). The maximum absolute atomic E-state index is 12.1. The summed E-state index contributed by atoms with van der Waals surface area (Å²) in [6.07, 6.45) is 1.38. The lowest BCUT2D eigenvalue weighted by molar-refractivity contribution is -0.153. The minimum absolute atomic E-state index is 0.241. The molecule has 2 aliphatic heterocycles. The van der Waals surface area contributed by atoms with Crippen molar-refractivity contribution < 1.29 is 19.1 Å². The number of piperidine rings is 1. The highest BCUT2D eigenvalue weighted by Crippen LogP contribution is 2.18. The second-order valence-electron chi connectivity index (χ2n) is 4.83. The Morgan fingerprint density at radius 3 is 2.95 bits per heavy atom. The fourth-order valence-corrected chi connectivity index (χ4v) is 3.04. The molecule has 21 heavy (non-hydrogen) atoms. The maximum Gasteiger partial charge on any atom is 0.315 e. The molecule has 0 aliphatic carbocycles. The average Bonchev–Trinajstić information content (AvgIpc) is 2.99. The van der Waals surface area contributed by atoms with Gasteiger partial charge in [0.2, 0.25) is 0 Å². The highest BCUT2D eigenvalue weighted by Gasteiger charge is 2.32. The van der Waals surface area contributed by atoms with Crippen LogP contribution in [0, 0.1) is 5.92 Å². The van der Waals surface area contributed by atoms with Crippen molar-refractivity contribution in [2.24, 2.45) is 10.9 Å². The second kappa shape index (κ2) is 7.44. The summed E-state index contributed by atoms with van der Waals surface area (Å²) in [7, 11) is 0. The second-order valence-corrected chi connectivity index (χ2v) is 5.92. The van der Waals surface area contributed by atoms with Gasteiger partial charge in [0, 0.05) is 18.8 Å². The largest absolute Gasteiger partial charge is 0.466 e. The molecule has 116 valence electrons. The van der Waals surface area contributed by atoms with Gasteiger partial charge in [0.25, 0.3) is 0 Å². The third-order valence-corrected chi connectivity index (χ3v) is 4.22. The number of nitrogens with zero attached hydrogens (tertiary/aromatic N) is 2. The molecule has 1 atom stereocenters. The smallest absolute Gasteiger partial charge is 0.315 e. The first-order valence-corrected chi connectivity index (χ1v) is 8.04. The van der Waals surface area contributed by atoms with Gasteiger partial charge in [-0.05, 0) is 19.8 Å². The van der Waals surface area contributed by atoms with Crippen LogP contribution >= 0.6 is 11.8 Å². The molecule has 8 heteroatoms. The van der Waals surface area contributed by atoms with E-state index in [1.54, 1.807) is 6.92 Å². The van der Waals surface area contributed by atoms with Gasteiger partial charge in [-0.3, -0.25) is 24.7 Å². The summed E-state index contributed by atoms with van der Waals surface area (Å²) < 4.78 is 4.98. The summed E-state index contributed by atoms with van der Waals surface area (Å²) >= 11 is 1.42. The van der Waals surface area contributed by atoms with E-state index in [0.717, 1.165) is 5.75 Å². The number of rotatable bonds is 2. The summed E-state index contributed by atoms with van der Waals surface area (Å²) in [5.41, 5.74) is 0. The SMILES string of the molecule is CCOC(=O)C1CCCN(C(=O)C(=O)NC2=NCCS2)C1. The Hall–Kier alpha value is -1.57. The molecule has 0 aromatic rings. The van der Waals surface area contributed by atoms with E-state index in [9.17, 15) is 14.4 Å². The van der Waals surface area contributed by atoms with Gasteiger partial charge in [-0.1, -0.05) is 11.8 Å². The normalized spacial score (nSPS) is 21.7. The molecule has 0 aromatic heterocycles. The summed E-state index contributed by atoms with van der Waals surface area (Å²) in [6.45, 7) is 3.45. The molecule has 1 unspecified atom stereocenters. The molecular formula is C13H19N3O4S. The summed E-state index contributed by atoms with van der Waals surface area (Å²) in [5.74, 6) is -1.12. The molecule has 2 amide bonds. The minimum Gasteiger partial charge on any atom is -0.466 e. The van der Waals surface area contributed by atoms with E-state index in [2.05, 4.69) is 10.3 Å². The molecular weight excluding hydrogens is 294 g/mol. The lowest BCUT2D eigenvalue weighted by atomic mass is 9.98. The van der Waals surface area contributed by atoms with Crippen molar-refractivity contribution in [2.45, 2.75) is 19.8 Å². The highest BCUT2D eigenvalue weighted by atomic mass is 32.2. The van der Waals surface area contributed by atoms with Crippen LogP contribution in [0.1, 0.15) is 19.8 Å². The van der Waals surface area contributed by atoms with E-state index >= 15 is 0 Å². The Morgan fingerprint density at radius 2 is 2.29 bits per heavy atom. The number of hydrogen-bond acceptors (Lipinski definition) is 6. The van der Waals surface area contributed by atoms with E-state index in [-0.39, 0.29) is 18.4 Å². The van der Waals surface area contributed by atoms with Gasteiger partial charge in [0.05, 0.1) is 19.1 Å². The molecule has 2 heterocycles. The van der Waals surface area contributed by atoms with Crippen LogP contribution in [0.15, 0.2) is 4.99 Å². The van der Waals surface area contributed by atoms with Gasteiger partial charge in [-0.15, -0.1) is 0 Å². The standard InChI is InChI=1S/C13H19N3O4S/c1-2-20-12(19)9-4-3-6-16(8-9)11(18)10(17)15-13-14-5-7-21-13/h9H,2-8H2,1H3,(H,14,15,17). The van der Waals surface area contributed by atoms with Crippen LogP contribution < -0.4 is 5.32 Å². The van der Waals surface area contributed by atoms with Crippen molar-refractivity contribution in [2.75, 3.05) is 32.0 Å². The van der Waals surface area contributed by atoms with Crippen LogP contribution in [0.5, 0.6) is 0 Å². The summed E-state index contributed by atoms with van der Waals surface area (Å²) in [6, 6.07) is 0. The number of likely N-dealkylation sites (tertiary alicyclic amines) is 1. The lowest BCUT2D eigenvalue weighted by Gasteiger charge is -2.30. The third kappa shape index (κ3) is 4.20.